The lowest BCUT2D eigenvalue weighted by atomic mass is 10.2. The number of hydrogen-bond acceptors (Lipinski definition) is 2. The summed E-state index contributed by atoms with van der Waals surface area (Å²) in [7, 11) is 0. The highest BCUT2D eigenvalue weighted by atomic mass is 127. The van der Waals surface area contributed by atoms with Crippen LogP contribution in [0, 0.1) is 5.92 Å². The molecule has 0 unspecified atom stereocenters. The van der Waals surface area contributed by atoms with Gasteiger partial charge in [-0.3, -0.25) is 4.79 Å². The Bertz CT molecular complexity index is 690. The van der Waals surface area contributed by atoms with Crippen molar-refractivity contribution in [2.45, 2.75) is 26.3 Å². The van der Waals surface area contributed by atoms with Crippen LogP contribution in [-0.4, -0.2) is 36.5 Å². The fraction of sp³-hybridized carbons (Fsp3) is 0.444. The third-order valence-electron chi connectivity index (χ3n) is 4.00. The summed E-state index contributed by atoms with van der Waals surface area (Å²) in [6.45, 7) is 4.70. The van der Waals surface area contributed by atoms with E-state index in [-0.39, 0.29) is 35.8 Å². The van der Waals surface area contributed by atoms with Crippen molar-refractivity contribution >= 4 is 46.7 Å². The number of nitrogens with zero attached hydrogens (tertiary/aromatic N) is 1. The molecule has 1 saturated carbocycles. The Morgan fingerprint density at radius 2 is 1.96 bits per heavy atom. The maximum absolute atomic E-state index is 11.6. The molecule has 0 aliphatic heterocycles. The molecule has 1 aliphatic rings. The van der Waals surface area contributed by atoms with E-state index in [0.717, 1.165) is 36.6 Å². The van der Waals surface area contributed by atoms with Crippen LogP contribution in [0.15, 0.2) is 35.3 Å². The van der Waals surface area contributed by atoms with E-state index in [4.69, 9.17) is 0 Å². The lowest BCUT2D eigenvalue weighted by Gasteiger charge is -2.11. The van der Waals surface area contributed by atoms with Crippen LogP contribution in [0.25, 0.3) is 10.9 Å². The first-order valence-electron chi connectivity index (χ1n) is 8.63. The van der Waals surface area contributed by atoms with Crippen molar-refractivity contribution in [1.29, 1.82) is 0 Å². The summed E-state index contributed by atoms with van der Waals surface area (Å²) in [4.78, 5) is 19.6. The van der Waals surface area contributed by atoms with Gasteiger partial charge in [-0.15, -0.1) is 24.0 Å². The van der Waals surface area contributed by atoms with Crippen LogP contribution in [0.2, 0.25) is 0 Å². The summed E-state index contributed by atoms with van der Waals surface area (Å²) in [5.74, 6) is 1.20. The normalized spacial score (nSPS) is 14.0. The summed E-state index contributed by atoms with van der Waals surface area (Å²) in [5, 5.41) is 10.6. The van der Waals surface area contributed by atoms with E-state index >= 15 is 0 Å². The molecule has 0 atom stereocenters. The number of aromatic nitrogens is 1. The van der Waals surface area contributed by atoms with Gasteiger partial charge in [-0.05, 0) is 37.3 Å². The van der Waals surface area contributed by atoms with Gasteiger partial charge in [0.1, 0.15) is 0 Å². The quantitative estimate of drug-likeness (QED) is 0.224. The molecule has 1 heterocycles. The molecule has 1 aliphatic carbocycles. The third-order valence-corrected chi connectivity index (χ3v) is 4.00. The Kier molecular flexibility index (Phi) is 7.54. The minimum atomic E-state index is 0. The molecule has 1 aromatic heterocycles. The highest BCUT2D eigenvalue weighted by Gasteiger charge is 2.28. The molecule has 0 saturated heterocycles. The number of carbonyl (C=O) groups excluding carboxylic acids is 1. The molecule has 3 rings (SSSR count). The van der Waals surface area contributed by atoms with Crippen LogP contribution in [0.1, 0.15) is 25.5 Å². The van der Waals surface area contributed by atoms with Crippen LogP contribution in [0.4, 0.5) is 0 Å². The third kappa shape index (κ3) is 5.91. The average Bonchev–Trinajstić information content (AvgIpc) is 3.35. The molecule has 0 bridgehead atoms. The summed E-state index contributed by atoms with van der Waals surface area (Å²) in [6.07, 6.45) is 2.07. The number of rotatable bonds is 7. The molecule has 0 spiro atoms. The molecule has 136 valence electrons. The molecular formula is C18H26IN5O. The maximum atomic E-state index is 11.6. The number of nitrogens with one attached hydrogen (secondary N) is 4. The van der Waals surface area contributed by atoms with E-state index in [9.17, 15) is 4.79 Å². The van der Waals surface area contributed by atoms with Gasteiger partial charge in [0.25, 0.3) is 0 Å². The number of fused-ring (bicyclic) bond motifs is 1. The fourth-order valence-corrected chi connectivity index (χ4v) is 2.58. The molecule has 1 aromatic carbocycles. The number of halogens is 1. The first kappa shape index (κ1) is 19.6. The molecule has 7 heteroatoms. The van der Waals surface area contributed by atoms with Gasteiger partial charge in [0, 0.05) is 36.8 Å². The summed E-state index contributed by atoms with van der Waals surface area (Å²) in [5.41, 5.74) is 2.21. The number of carbonyl (C=O) groups is 1. The SMILES string of the molecule is CCNC(=NCc1cc2ccccc2[nH]1)NCCNC(=O)C1CC1.I. The Hall–Kier alpha value is -1.77. The van der Waals surface area contributed by atoms with E-state index in [0.29, 0.717) is 19.6 Å². The Morgan fingerprint density at radius 1 is 1.20 bits per heavy atom. The van der Waals surface area contributed by atoms with E-state index in [1.807, 2.05) is 19.1 Å². The highest BCUT2D eigenvalue weighted by molar-refractivity contribution is 14.0. The second-order valence-corrected chi connectivity index (χ2v) is 6.07. The molecule has 0 radical (unpaired) electrons. The Labute approximate surface area is 165 Å². The number of aromatic amines is 1. The number of guanidine groups is 1. The average molecular weight is 455 g/mol. The maximum Gasteiger partial charge on any atom is 0.223 e. The van der Waals surface area contributed by atoms with Gasteiger partial charge >= 0.3 is 0 Å². The van der Waals surface area contributed by atoms with Crippen molar-refractivity contribution < 1.29 is 4.79 Å². The van der Waals surface area contributed by atoms with Crippen molar-refractivity contribution in [1.82, 2.24) is 20.9 Å². The van der Waals surface area contributed by atoms with Crippen LogP contribution in [0.3, 0.4) is 0 Å². The topological polar surface area (TPSA) is 81.3 Å². The summed E-state index contributed by atoms with van der Waals surface area (Å²) >= 11 is 0. The second-order valence-electron chi connectivity index (χ2n) is 6.07. The van der Waals surface area contributed by atoms with Gasteiger partial charge in [-0.2, -0.15) is 0 Å². The predicted octanol–water partition coefficient (Wildman–Crippen LogP) is 2.37. The zero-order chi connectivity index (χ0) is 16.8. The van der Waals surface area contributed by atoms with E-state index in [1.54, 1.807) is 0 Å². The zero-order valence-corrected chi connectivity index (χ0v) is 16.8. The lowest BCUT2D eigenvalue weighted by Crippen LogP contribution is -2.41. The van der Waals surface area contributed by atoms with Crippen molar-refractivity contribution in [2.75, 3.05) is 19.6 Å². The van der Waals surface area contributed by atoms with Crippen LogP contribution in [-0.2, 0) is 11.3 Å². The Morgan fingerprint density at radius 3 is 2.68 bits per heavy atom. The van der Waals surface area contributed by atoms with Crippen molar-refractivity contribution in [3.8, 4) is 0 Å². The minimum Gasteiger partial charge on any atom is -0.357 e. The van der Waals surface area contributed by atoms with Crippen LogP contribution in [0.5, 0.6) is 0 Å². The number of para-hydroxylation sites is 1. The number of aliphatic imine (C=N–C) groups is 1. The smallest absolute Gasteiger partial charge is 0.223 e. The van der Waals surface area contributed by atoms with Crippen LogP contribution >= 0.6 is 24.0 Å². The molecular weight excluding hydrogens is 429 g/mol. The predicted molar refractivity (Wildman–Crippen MR) is 112 cm³/mol. The number of amides is 1. The van der Waals surface area contributed by atoms with Crippen molar-refractivity contribution in [3.05, 3.63) is 36.0 Å². The molecule has 6 nitrogen and oxygen atoms in total. The monoisotopic (exact) mass is 455 g/mol. The zero-order valence-electron chi connectivity index (χ0n) is 14.5. The van der Waals surface area contributed by atoms with E-state index in [2.05, 4.69) is 44.1 Å². The lowest BCUT2D eigenvalue weighted by molar-refractivity contribution is -0.122. The summed E-state index contributed by atoms with van der Waals surface area (Å²) in [6, 6.07) is 10.3. The van der Waals surface area contributed by atoms with Gasteiger partial charge in [-0.1, -0.05) is 18.2 Å². The van der Waals surface area contributed by atoms with Gasteiger partial charge < -0.3 is 20.9 Å². The highest BCUT2D eigenvalue weighted by Crippen LogP contribution is 2.28. The minimum absolute atomic E-state index is 0. The van der Waals surface area contributed by atoms with E-state index < -0.39 is 0 Å². The second kappa shape index (κ2) is 9.65. The van der Waals surface area contributed by atoms with Gasteiger partial charge in [0.2, 0.25) is 5.91 Å². The standard InChI is InChI=1S/C18H25N5O.HI/c1-2-19-18(21-10-9-20-17(24)13-7-8-13)22-12-15-11-14-5-3-4-6-16(14)23-15;/h3-6,11,13,23H,2,7-10,12H2,1H3,(H,20,24)(H2,19,21,22);1H. The first-order valence-corrected chi connectivity index (χ1v) is 8.63. The Balaban J connectivity index is 0.00000225. The molecule has 1 fully saturated rings. The number of hydrogen-bond donors (Lipinski definition) is 4. The number of H-pyrrole nitrogens is 1. The van der Waals surface area contributed by atoms with Crippen LogP contribution < -0.4 is 16.0 Å². The molecule has 25 heavy (non-hydrogen) atoms. The first-order chi connectivity index (χ1) is 11.8. The fourth-order valence-electron chi connectivity index (χ4n) is 2.58. The molecule has 1 amide bonds. The van der Waals surface area contributed by atoms with E-state index in [1.165, 1.54) is 5.39 Å². The molecule has 4 N–H and O–H groups in total. The van der Waals surface area contributed by atoms with Crippen molar-refractivity contribution in [3.63, 3.8) is 0 Å². The van der Waals surface area contributed by atoms with Crippen molar-refractivity contribution in [2.24, 2.45) is 10.9 Å². The summed E-state index contributed by atoms with van der Waals surface area (Å²) < 4.78 is 0. The molecule has 2 aromatic rings. The van der Waals surface area contributed by atoms with Gasteiger partial charge in [0.15, 0.2) is 5.96 Å². The van der Waals surface area contributed by atoms with Gasteiger partial charge in [-0.25, -0.2) is 4.99 Å². The largest absolute Gasteiger partial charge is 0.357 e. The van der Waals surface area contributed by atoms with Gasteiger partial charge in [0.05, 0.1) is 6.54 Å². The number of benzene rings is 1.